The van der Waals surface area contributed by atoms with E-state index in [-0.39, 0.29) is 0 Å². The summed E-state index contributed by atoms with van der Waals surface area (Å²) in [4.78, 5) is 3.03. The van der Waals surface area contributed by atoms with E-state index in [2.05, 4.69) is 4.98 Å². The number of nitrogens with two attached hydrogens (primary N) is 1. The minimum atomic E-state index is 0.767. The first-order chi connectivity index (χ1) is 2.41. The third-order valence-corrected chi connectivity index (χ3v) is 0.894. The van der Waals surface area contributed by atoms with E-state index in [9.17, 15) is 0 Å². The maximum absolute atomic E-state index is 5.10. The van der Waals surface area contributed by atoms with Gasteiger partial charge in [-0.15, -0.1) is 0 Å². The Morgan fingerprint density at radius 1 is 1.80 bits per heavy atom. The molecule has 32 valence electrons. The summed E-state index contributed by atoms with van der Waals surface area (Å²) in [6.45, 7) is 1.75. The van der Waals surface area contributed by atoms with Crippen LogP contribution in [0.1, 0.15) is 0 Å². The molecule has 0 fully saturated rings. The van der Waals surface area contributed by atoms with Crippen LogP contribution < -0.4 is 10.7 Å². The smallest absolute Gasteiger partial charge is 0.0749 e. The highest BCUT2D eigenvalue weighted by Crippen LogP contribution is 1.35. The third kappa shape index (κ3) is 4.14. The van der Waals surface area contributed by atoms with Crippen LogP contribution in [0.3, 0.4) is 0 Å². The summed E-state index contributed by atoms with van der Waals surface area (Å²) in [5, 5.41) is 0. The summed E-state index contributed by atoms with van der Waals surface area (Å²) in [5.41, 5.74) is 5.10. The van der Waals surface area contributed by atoms with Crippen molar-refractivity contribution < 1.29 is 0 Å². The van der Waals surface area contributed by atoms with E-state index in [1.165, 1.54) is 0 Å². The van der Waals surface area contributed by atoms with Crippen LogP contribution in [0.15, 0.2) is 0 Å². The van der Waals surface area contributed by atoms with E-state index in [0.717, 1.165) is 23.5 Å². The predicted molar refractivity (Wildman–Crippen MR) is 27.0 cm³/mol. The second-order valence-corrected chi connectivity index (χ2v) is 1.60. The molecule has 5 heavy (non-hydrogen) atoms. The third-order valence-electron chi connectivity index (χ3n) is 0.394. The number of nitrogens with one attached hydrogen (secondary N) is 1. The molecule has 0 heterocycles. The number of hydrogen-bond acceptors (Lipinski definition) is 2. The zero-order valence-corrected chi connectivity index (χ0v) is 5.49. The lowest BCUT2D eigenvalue weighted by Crippen LogP contribution is -2.18. The van der Waals surface area contributed by atoms with Crippen LogP contribution in [-0.4, -0.2) is 23.5 Å². The molecule has 0 unspecified atom stereocenters. The van der Waals surface area contributed by atoms with Gasteiger partial charge in [-0.2, -0.15) is 0 Å². The summed E-state index contributed by atoms with van der Waals surface area (Å²) in [5.74, 6) is 0. The highest BCUT2D eigenvalue weighted by molar-refractivity contribution is 6.04. The van der Waals surface area contributed by atoms with Crippen LogP contribution in [0, 0.1) is 0 Å². The van der Waals surface area contributed by atoms with Crippen LogP contribution in [0.25, 0.3) is 0 Å². The zero-order valence-electron chi connectivity index (χ0n) is 3.49. The van der Waals surface area contributed by atoms with Gasteiger partial charge in [0.25, 0.3) is 0 Å². The molecule has 0 aliphatic rings. The van der Waals surface area contributed by atoms with Gasteiger partial charge in [0, 0.05) is 13.1 Å². The lowest BCUT2D eigenvalue weighted by molar-refractivity contribution is 0.908. The van der Waals surface area contributed by atoms with Crippen LogP contribution >= 0.6 is 0 Å². The van der Waals surface area contributed by atoms with Crippen LogP contribution in [0.4, 0.5) is 0 Å². The molecule has 0 saturated heterocycles. The van der Waals surface area contributed by atoms with Crippen LogP contribution in [0.5, 0.6) is 0 Å². The van der Waals surface area contributed by atoms with Crippen molar-refractivity contribution >= 4 is 10.4 Å². The van der Waals surface area contributed by atoms with Crippen molar-refractivity contribution in [3.63, 3.8) is 0 Å². The minimum absolute atomic E-state index is 0.767. The van der Waals surface area contributed by atoms with Gasteiger partial charge in [0.1, 0.15) is 0 Å². The Balaban J connectivity index is 2.19. The summed E-state index contributed by atoms with van der Waals surface area (Å²) >= 11 is 0. The first-order valence-electron chi connectivity index (χ1n) is 1.76. The molecular formula is C2H10N2Si. The van der Waals surface area contributed by atoms with Crippen LogP contribution in [0.2, 0.25) is 0 Å². The van der Waals surface area contributed by atoms with Gasteiger partial charge in [0.05, 0.1) is 10.4 Å². The van der Waals surface area contributed by atoms with Gasteiger partial charge in [0.15, 0.2) is 0 Å². The van der Waals surface area contributed by atoms with Gasteiger partial charge >= 0.3 is 0 Å². The Morgan fingerprint density at radius 3 is 2.40 bits per heavy atom. The van der Waals surface area contributed by atoms with Gasteiger partial charge in [-0.3, -0.25) is 0 Å². The van der Waals surface area contributed by atoms with E-state index in [0.29, 0.717) is 0 Å². The average molecular weight is 90.2 g/mol. The van der Waals surface area contributed by atoms with Crippen molar-refractivity contribution in [2.75, 3.05) is 13.1 Å². The molecular weight excluding hydrogens is 80.1 g/mol. The largest absolute Gasteiger partial charge is 0.344 e. The highest BCUT2D eigenvalue weighted by Gasteiger charge is 1.64. The van der Waals surface area contributed by atoms with E-state index in [1.54, 1.807) is 0 Å². The Hall–Kier alpha value is 0.137. The van der Waals surface area contributed by atoms with E-state index < -0.39 is 0 Å². The lowest BCUT2D eigenvalue weighted by atomic mass is 10.7. The molecule has 0 radical (unpaired) electrons. The fourth-order valence-corrected chi connectivity index (χ4v) is 0.433. The Bertz CT molecular complexity index is 15.1. The molecule has 0 amide bonds. The molecule has 0 rings (SSSR count). The molecule has 0 aliphatic heterocycles. The summed E-state index contributed by atoms with van der Waals surface area (Å²) < 4.78 is 0. The van der Waals surface area contributed by atoms with E-state index in [4.69, 9.17) is 5.73 Å². The quantitative estimate of drug-likeness (QED) is 0.378. The van der Waals surface area contributed by atoms with Gasteiger partial charge in [-0.05, 0) is 0 Å². The molecule has 0 aromatic rings. The van der Waals surface area contributed by atoms with Gasteiger partial charge in [-0.25, -0.2) is 0 Å². The average Bonchev–Trinajstić information content (AvgIpc) is 1.41. The SMILES string of the molecule is NCCN[SiH3]. The number of rotatable bonds is 2. The van der Waals surface area contributed by atoms with Crippen molar-refractivity contribution in [1.82, 2.24) is 4.98 Å². The van der Waals surface area contributed by atoms with Crippen molar-refractivity contribution in [2.24, 2.45) is 5.73 Å². The molecule has 0 aliphatic carbocycles. The maximum atomic E-state index is 5.10. The molecule has 3 heteroatoms. The molecule has 0 saturated carbocycles. The topological polar surface area (TPSA) is 38.0 Å². The molecule has 2 nitrogen and oxygen atoms in total. The Kier molecular flexibility index (Phi) is 4.25. The second kappa shape index (κ2) is 4.14. The van der Waals surface area contributed by atoms with Crippen molar-refractivity contribution in [3.8, 4) is 0 Å². The molecule has 0 bridgehead atoms. The highest BCUT2D eigenvalue weighted by atomic mass is 28.2. The Labute approximate surface area is 35.2 Å². The summed E-state index contributed by atoms with van der Waals surface area (Å²) in [6.07, 6.45) is 0. The normalized spacial score (nSPS) is 9.00. The molecule has 3 N–H and O–H groups in total. The molecule has 0 atom stereocenters. The summed E-state index contributed by atoms with van der Waals surface area (Å²) in [6, 6.07) is 0. The minimum Gasteiger partial charge on any atom is -0.344 e. The van der Waals surface area contributed by atoms with Crippen molar-refractivity contribution in [3.05, 3.63) is 0 Å². The van der Waals surface area contributed by atoms with Crippen molar-refractivity contribution in [2.45, 2.75) is 0 Å². The first kappa shape index (κ1) is 5.14. The second-order valence-electron chi connectivity index (χ2n) is 0.892. The monoisotopic (exact) mass is 90.1 g/mol. The molecule has 0 aromatic heterocycles. The predicted octanol–water partition coefficient (Wildman–Crippen LogP) is -2.18. The van der Waals surface area contributed by atoms with Gasteiger partial charge < -0.3 is 10.7 Å². The lowest BCUT2D eigenvalue weighted by Gasteiger charge is -1.85. The van der Waals surface area contributed by atoms with Gasteiger partial charge in [-0.1, -0.05) is 0 Å². The fourth-order valence-electron chi connectivity index (χ4n) is 0.144. The van der Waals surface area contributed by atoms with Crippen LogP contribution in [-0.2, 0) is 0 Å². The molecule has 0 spiro atoms. The maximum Gasteiger partial charge on any atom is 0.0749 e. The Morgan fingerprint density at radius 2 is 2.40 bits per heavy atom. The molecule has 0 aromatic carbocycles. The standard InChI is InChI=1S/C2H10N2Si/c3-1-2-4-5/h4H,1-3H2,5H3. The van der Waals surface area contributed by atoms with E-state index in [1.807, 2.05) is 0 Å². The summed E-state index contributed by atoms with van der Waals surface area (Å²) in [7, 11) is 1.07. The first-order valence-corrected chi connectivity index (χ1v) is 2.76. The van der Waals surface area contributed by atoms with Crippen molar-refractivity contribution in [1.29, 1.82) is 0 Å². The fraction of sp³-hybridized carbons (Fsp3) is 1.00. The number of hydrogen-bond donors (Lipinski definition) is 2. The van der Waals surface area contributed by atoms with Gasteiger partial charge in [0.2, 0.25) is 0 Å². The van der Waals surface area contributed by atoms with E-state index >= 15 is 0 Å². The zero-order chi connectivity index (χ0) is 4.12.